The van der Waals surface area contributed by atoms with E-state index in [0.717, 1.165) is 17.4 Å². The van der Waals surface area contributed by atoms with Crippen molar-refractivity contribution in [3.63, 3.8) is 0 Å². The number of aromatic nitrogens is 1. The van der Waals surface area contributed by atoms with Crippen LogP contribution in [0, 0.1) is 0 Å². The van der Waals surface area contributed by atoms with Crippen molar-refractivity contribution in [1.29, 1.82) is 0 Å². The molecule has 0 radical (unpaired) electrons. The largest absolute Gasteiger partial charge is 0.481 e. The van der Waals surface area contributed by atoms with Gasteiger partial charge in [0.25, 0.3) is 0 Å². The summed E-state index contributed by atoms with van der Waals surface area (Å²) in [7, 11) is -1.95. The first kappa shape index (κ1) is 32.7. The summed E-state index contributed by atoms with van der Waals surface area (Å²) in [6, 6.07) is 23.4. The van der Waals surface area contributed by atoms with Crippen LogP contribution in [0.4, 0.5) is 4.79 Å². The highest BCUT2D eigenvalue weighted by atomic mass is 35.5. The van der Waals surface area contributed by atoms with E-state index in [-0.39, 0.29) is 30.3 Å². The van der Waals surface area contributed by atoms with Gasteiger partial charge in [-0.2, -0.15) is 0 Å². The normalized spacial score (nSPS) is 19.7. The predicted molar refractivity (Wildman–Crippen MR) is 176 cm³/mol. The molecule has 8 nitrogen and oxygen atoms in total. The van der Waals surface area contributed by atoms with Crippen molar-refractivity contribution in [3.8, 4) is 5.88 Å². The first-order valence-electron chi connectivity index (χ1n) is 14.9. The predicted octanol–water partition coefficient (Wildman–Crippen LogP) is 6.81. The molecular weight excluding hydrogens is 612 g/mol. The van der Waals surface area contributed by atoms with Crippen LogP contribution in [0.3, 0.4) is 0 Å². The Kier molecular flexibility index (Phi) is 9.18. The molecular formula is C35H39ClN2O6S. The molecule has 1 aliphatic heterocycles. The Balaban J connectivity index is 1.65. The Labute approximate surface area is 269 Å². The molecule has 0 saturated carbocycles. The van der Waals surface area contributed by atoms with E-state index in [4.69, 9.17) is 26.1 Å². The lowest BCUT2D eigenvalue weighted by Gasteiger charge is -2.47. The number of pyridine rings is 1. The van der Waals surface area contributed by atoms with Gasteiger partial charge >= 0.3 is 6.09 Å². The topological polar surface area (TPSA) is 106 Å². The molecule has 45 heavy (non-hydrogen) atoms. The standard InChI is InChI=1S/C35H39ClN2O6S/c1-34(2,3)44-33(39)38-18-17-35(40,22-27(38)19-23-9-7-6-8-10-23)31(24-11-13-26(36)14-12-24)29-21-25-20-28(45(5,41)42)15-16-30(25)37-32(29)43-4/h6-16,20-21,27,31,40H,17-19,22H2,1-5H3. The molecule has 4 aromatic rings. The fourth-order valence-corrected chi connectivity index (χ4v) is 6.98. The van der Waals surface area contributed by atoms with Crippen LogP contribution < -0.4 is 4.74 Å². The number of benzene rings is 3. The summed E-state index contributed by atoms with van der Waals surface area (Å²) >= 11 is 6.29. The molecule has 1 amide bonds. The third-order valence-corrected chi connectivity index (χ3v) is 9.57. The number of amides is 1. The quantitative estimate of drug-likeness (QED) is 0.234. The summed E-state index contributed by atoms with van der Waals surface area (Å²) in [5.74, 6) is -0.334. The summed E-state index contributed by atoms with van der Waals surface area (Å²) in [4.78, 5) is 20.1. The number of fused-ring (bicyclic) bond motifs is 1. The Morgan fingerprint density at radius 2 is 1.78 bits per heavy atom. The minimum Gasteiger partial charge on any atom is -0.481 e. The maximum absolute atomic E-state index is 13.5. The van der Waals surface area contributed by atoms with Crippen LogP contribution in [0.1, 0.15) is 56.2 Å². The number of carbonyl (C=O) groups excluding carboxylic acids is 1. The maximum atomic E-state index is 13.5. The molecule has 1 aromatic heterocycles. The van der Waals surface area contributed by atoms with E-state index in [1.54, 1.807) is 29.2 Å². The average molecular weight is 651 g/mol. The molecule has 0 bridgehead atoms. The van der Waals surface area contributed by atoms with Crippen LogP contribution in [0.25, 0.3) is 10.9 Å². The molecule has 0 aliphatic carbocycles. The molecule has 1 aliphatic rings. The summed E-state index contributed by atoms with van der Waals surface area (Å²) in [6.45, 7) is 5.76. The number of nitrogens with zero attached hydrogens (tertiary/aromatic N) is 2. The minimum absolute atomic E-state index is 0.170. The Morgan fingerprint density at radius 3 is 2.40 bits per heavy atom. The Morgan fingerprint density at radius 1 is 1.09 bits per heavy atom. The van der Waals surface area contributed by atoms with Crippen LogP contribution in [0.5, 0.6) is 5.88 Å². The van der Waals surface area contributed by atoms with Crippen LogP contribution in [-0.2, 0) is 21.0 Å². The van der Waals surface area contributed by atoms with Crippen LogP contribution in [0.2, 0.25) is 5.02 Å². The molecule has 3 aromatic carbocycles. The SMILES string of the molecule is COc1nc2ccc(S(C)(=O)=O)cc2cc1C(c1ccc(Cl)cc1)C1(O)CCN(C(=O)OC(C)(C)C)C(Cc2ccccc2)C1. The molecule has 10 heteroatoms. The van der Waals surface area contributed by atoms with Crippen molar-refractivity contribution < 1.29 is 27.8 Å². The van der Waals surface area contributed by atoms with Gasteiger partial charge in [0.15, 0.2) is 9.84 Å². The number of hydrogen-bond acceptors (Lipinski definition) is 7. The highest BCUT2D eigenvalue weighted by Gasteiger charge is 2.48. The van der Waals surface area contributed by atoms with Crippen LogP contribution >= 0.6 is 11.6 Å². The molecule has 238 valence electrons. The fourth-order valence-electron chi connectivity index (χ4n) is 6.20. The minimum atomic E-state index is -3.47. The first-order valence-corrected chi connectivity index (χ1v) is 17.1. The van der Waals surface area contributed by atoms with Crippen molar-refractivity contribution in [2.45, 2.75) is 68.1 Å². The van der Waals surface area contributed by atoms with E-state index in [1.807, 2.05) is 69.3 Å². The maximum Gasteiger partial charge on any atom is 0.410 e. The van der Waals surface area contributed by atoms with Gasteiger partial charge in [-0.15, -0.1) is 0 Å². The van der Waals surface area contributed by atoms with Crippen molar-refractivity contribution in [2.75, 3.05) is 19.9 Å². The van der Waals surface area contributed by atoms with Gasteiger partial charge in [-0.05, 0) is 87.6 Å². The second kappa shape index (κ2) is 12.6. The molecule has 1 fully saturated rings. The Bertz CT molecular complexity index is 1790. The summed E-state index contributed by atoms with van der Waals surface area (Å²) in [6.07, 6.45) is 1.73. The zero-order valence-corrected chi connectivity index (χ0v) is 27.7. The smallest absolute Gasteiger partial charge is 0.410 e. The zero-order valence-electron chi connectivity index (χ0n) is 26.2. The van der Waals surface area contributed by atoms with E-state index in [2.05, 4.69) is 0 Å². The first-order chi connectivity index (χ1) is 21.2. The lowest BCUT2D eigenvalue weighted by Crippen LogP contribution is -2.56. The fraction of sp³-hybridized carbons (Fsp3) is 0.371. The van der Waals surface area contributed by atoms with E-state index in [0.29, 0.717) is 33.8 Å². The number of halogens is 1. The number of carbonyl (C=O) groups is 1. The number of hydrogen-bond donors (Lipinski definition) is 1. The highest BCUT2D eigenvalue weighted by Crippen LogP contribution is 2.47. The van der Waals surface area contributed by atoms with Gasteiger partial charge in [0.2, 0.25) is 5.88 Å². The summed E-state index contributed by atoms with van der Waals surface area (Å²) < 4.78 is 36.4. The zero-order chi connectivity index (χ0) is 32.6. The molecule has 3 atom stereocenters. The molecule has 0 spiro atoms. The third kappa shape index (κ3) is 7.43. The molecule has 3 unspecified atom stereocenters. The second-order valence-corrected chi connectivity index (χ2v) is 15.2. The van der Waals surface area contributed by atoms with Gasteiger partial charge in [-0.1, -0.05) is 54.1 Å². The average Bonchev–Trinajstić information content (AvgIpc) is 2.96. The van der Waals surface area contributed by atoms with Crippen molar-refractivity contribution in [3.05, 3.63) is 101 Å². The second-order valence-electron chi connectivity index (χ2n) is 12.8. The van der Waals surface area contributed by atoms with Crippen molar-refractivity contribution in [1.82, 2.24) is 9.88 Å². The van der Waals surface area contributed by atoms with Gasteiger partial charge in [0.1, 0.15) is 5.60 Å². The molecule has 5 rings (SSSR count). The van der Waals surface area contributed by atoms with Crippen molar-refractivity contribution >= 4 is 38.4 Å². The van der Waals surface area contributed by atoms with Gasteiger partial charge in [-0.25, -0.2) is 18.2 Å². The number of methoxy groups -OCH3 is 1. The third-order valence-electron chi connectivity index (χ3n) is 8.21. The van der Waals surface area contributed by atoms with Gasteiger partial charge in [0.05, 0.1) is 23.1 Å². The van der Waals surface area contributed by atoms with Gasteiger partial charge < -0.3 is 19.5 Å². The van der Waals surface area contributed by atoms with Crippen LogP contribution in [-0.4, -0.2) is 66.7 Å². The number of sulfone groups is 1. The van der Waals surface area contributed by atoms with E-state index < -0.39 is 33.1 Å². The highest BCUT2D eigenvalue weighted by molar-refractivity contribution is 7.90. The number of likely N-dealkylation sites (tertiary alicyclic amines) is 1. The molecule has 1 N–H and O–H groups in total. The number of aliphatic hydroxyl groups is 1. The number of rotatable bonds is 7. The van der Waals surface area contributed by atoms with Crippen molar-refractivity contribution in [2.24, 2.45) is 0 Å². The number of ether oxygens (including phenoxy) is 2. The van der Waals surface area contributed by atoms with E-state index in [1.165, 1.54) is 13.2 Å². The summed E-state index contributed by atoms with van der Waals surface area (Å²) in [5, 5.41) is 13.9. The van der Waals surface area contributed by atoms with Gasteiger partial charge in [-0.3, -0.25) is 0 Å². The van der Waals surface area contributed by atoms with Crippen LogP contribution in [0.15, 0.2) is 83.8 Å². The monoisotopic (exact) mass is 650 g/mol. The van der Waals surface area contributed by atoms with E-state index in [9.17, 15) is 18.3 Å². The number of piperidine rings is 1. The lowest BCUT2D eigenvalue weighted by atomic mass is 9.70. The Hall–Kier alpha value is -3.66. The summed E-state index contributed by atoms with van der Waals surface area (Å²) in [5.41, 5.74) is 0.939. The van der Waals surface area contributed by atoms with Gasteiger partial charge in [0, 0.05) is 40.7 Å². The lowest BCUT2D eigenvalue weighted by molar-refractivity contribution is -0.0630. The molecule has 2 heterocycles. The molecule has 1 saturated heterocycles. The van der Waals surface area contributed by atoms with E-state index >= 15 is 0 Å².